The number of phenols is 1. The molecule has 0 aromatic heterocycles. The van der Waals surface area contributed by atoms with Crippen LogP contribution in [0.1, 0.15) is 80.8 Å². The molecule has 8 heteroatoms. The predicted molar refractivity (Wildman–Crippen MR) is 173 cm³/mol. The number of alkyl carbamates (subject to hydrolysis) is 1. The maximum absolute atomic E-state index is 14.6. The van der Waals surface area contributed by atoms with Gasteiger partial charge < -0.3 is 25.4 Å². The Morgan fingerprint density at radius 2 is 1.52 bits per heavy atom. The van der Waals surface area contributed by atoms with Gasteiger partial charge in [-0.25, -0.2) is 4.79 Å². The third kappa shape index (κ3) is 10.7. The minimum atomic E-state index is -1.02. The van der Waals surface area contributed by atoms with E-state index < -0.39 is 23.8 Å². The van der Waals surface area contributed by atoms with Crippen molar-refractivity contribution in [2.75, 3.05) is 6.54 Å². The fraction of sp³-hybridized carbons (Fsp3) is 0.417. The van der Waals surface area contributed by atoms with Crippen LogP contribution in [0.25, 0.3) is 0 Å². The highest BCUT2D eigenvalue weighted by molar-refractivity contribution is 5.92. The van der Waals surface area contributed by atoms with Crippen molar-refractivity contribution in [3.05, 3.63) is 101 Å². The fourth-order valence-corrected chi connectivity index (χ4v) is 5.14. The lowest BCUT2D eigenvalue weighted by molar-refractivity contribution is -0.142. The van der Waals surface area contributed by atoms with Gasteiger partial charge in [0.25, 0.3) is 0 Å². The molecule has 0 aliphatic heterocycles. The number of hydrogen-bond acceptors (Lipinski definition) is 5. The van der Waals surface area contributed by atoms with Crippen LogP contribution in [0.5, 0.6) is 5.75 Å². The largest absolute Gasteiger partial charge is 0.508 e. The minimum absolute atomic E-state index is 0.0999. The lowest BCUT2D eigenvalue weighted by Crippen LogP contribution is -2.54. The van der Waals surface area contributed by atoms with Crippen LogP contribution >= 0.6 is 0 Å². The number of carbonyl (C=O) groups excluding carboxylic acids is 3. The summed E-state index contributed by atoms with van der Waals surface area (Å²) in [6.45, 7) is 11.9. The Kier molecular flexibility index (Phi) is 12.4. The number of aromatic hydroxyl groups is 1. The van der Waals surface area contributed by atoms with Gasteiger partial charge in [-0.1, -0.05) is 91.6 Å². The average molecular weight is 602 g/mol. The third-order valence-electron chi connectivity index (χ3n) is 7.08. The molecule has 0 radical (unpaired) electrons. The molecule has 0 aliphatic rings. The Bertz CT molecular complexity index is 1360. The number of unbranched alkanes of at least 4 members (excludes halogenated alkanes) is 2. The van der Waals surface area contributed by atoms with Crippen LogP contribution in [-0.2, 0) is 27.3 Å². The molecule has 0 saturated carbocycles. The van der Waals surface area contributed by atoms with E-state index in [4.69, 9.17) is 4.74 Å². The van der Waals surface area contributed by atoms with E-state index in [1.54, 1.807) is 49.9 Å². The molecule has 0 bridgehead atoms. The predicted octanol–water partition coefficient (Wildman–Crippen LogP) is 6.52. The van der Waals surface area contributed by atoms with E-state index in [1.807, 2.05) is 62.4 Å². The van der Waals surface area contributed by atoms with Gasteiger partial charge in [0.15, 0.2) is 0 Å². The van der Waals surface area contributed by atoms with Crippen molar-refractivity contribution in [3.8, 4) is 5.75 Å². The van der Waals surface area contributed by atoms with Crippen LogP contribution in [-0.4, -0.2) is 46.1 Å². The molecule has 3 aromatic carbocycles. The zero-order valence-electron chi connectivity index (χ0n) is 26.9. The normalized spacial score (nSPS) is 12.6. The van der Waals surface area contributed by atoms with Crippen LogP contribution in [0.3, 0.4) is 0 Å². The second-order valence-electron chi connectivity index (χ2n) is 12.3. The Labute approximate surface area is 261 Å². The van der Waals surface area contributed by atoms with Crippen LogP contribution in [0.4, 0.5) is 4.79 Å². The van der Waals surface area contributed by atoms with Gasteiger partial charge in [-0.05, 0) is 69.9 Å². The number of hydrogen-bond donors (Lipinski definition) is 3. The van der Waals surface area contributed by atoms with E-state index in [0.29, 0.717) is 25.1 Å². The first-order valence-corrected chi connectivity index (χ1v) is 15.3. The molecule has 8 nitrogen and oxygen atoms in total. The van der Waals surface area contributed by atoms with Crippen molar-refractivity contribution in [1.82, 2.24) is 15.5 Å². The van der Waals surface area contributed by atoms with Crippen LogP contribution in [0.15, 0.2) is 72.8 Å². The summed E-state index contributed by atoms with van der Waals surface area (Å²) in [5, 5.41) is 15.7. The first-order chi connectivity index (χ1) is 20.9. The molecular weight excluding hydrogens is 554 g/mol. The summed E-state index contributed by atoms with van der Waals surface area (Å²) in [6.07, 6.45) is 1.92. The zero-order chi connectivity index (χ0) is 32.3. The van der Waals surface area contributed by atoms with Crippen LogP contribution < -0.4 is 10.6 Å². The molecule has 0 saturated heterocycles. The molecule has 2 unspecified atom stereocenters. The average Bonchev–Trinajstić information content (AvgIpc) is 2.95. The summed E-state index contributed by atoms with van der Waals surface area (Å²) >= 11 is 0. The summed E-state index contributed by atoms with van der Waals surface area (Å²) in [7, 11) is 0. The number of phenolic OH excluding ortho intramolecular Hbond substituents is 1. The van der Waals surface area contributed by atoms with Gasteiger partial charge in [0.2, 0.25) is 11.8 Å². The van der Waals surface area contributed by atoms with E-state index in [2.05, 4.69) is 17.6 Å². The highest BCUT2D eigenvalue weighted by Gasteiger charge is 2.36. The summed E-state index contributed by atoms with van der Waals surface area (Å²) in [6, 6.07) is 20.1. The monoisotopic (exact) mass is 601 g/mol. The number of nitrogens with one attached hydrogen (secondary N) is 2. The molecular formula is C36H47N3O5. The Morgan fingerprint density at radius 1 is 0.886 bits per heavy atom. The number of benzene rings is 3. The Morgan fingerprint density at radius 3 is 2.11 bits per heavy atom. The standard InChI is InChI=1S/C36H47N3O5/c1-7-8-12-19-39(34(42)31(38-35(43)44-36(4,5)6)23-27-15-17-30(40)18-16-27)32(29-21-25(2)20-26(3)22-29)33(41)37-24-28-13-10-9-11-14-28/h9-11,13-18,20-22,31-32,40H,7-8,12,19,23-24H2,1-6H3,(H,37,41)(H,38,43). The van der Waals surface area contributed by atoms with Crippen molar-refractivity contribution in [3.63, 3.8) is 0 Å². The highest BCUT2D eigenvalue weighted by Crippen LogP contribution is 2.27. The van der Waals surface area contributed by atoms with Crippen LogP contribution in [0, 0.1) is 13.8 Å². The number of ether oxygens (including phenoxy) is 1. The topological polar surface area (TPSA) is 108 Å². The second-order valence-corrected chi connectivity index (χ2v) is 12.3. The number of rotatable bonds is 13. The second kappa shape index (κ2) is 15.9. The van der Waals surface area contributed by atoms with Gasteiger partial charge in [0.1, 0.15) is 23.4 Å². The van der Waals surface area contributed by atoms with Crippen molar-refractivity contribution in [2.24, 2.45) is 0 Å². The molecule has 3 N–H and O–H groups in total. The van der Waals surface area contributed by atoms with Gasteiger partial charge in [-0.3, -0.25) is 9.59 Å². The molecule has 0 fully saturated rings. The van der Waals surface area contributed by atoms with Crippen molar-refractivity contribution >= 4 is 17.9 Å². The minimum Gasteiger partial charge on any atom is -0.508 e. The molecule has 0 spiro atoms. The third-order valence-corrected chi connectivity index (χ3v) is 7.08. The summed E-state index contributed by atoms with van der Waals surface area (Å²) in [4.78, 5) is 43.3. The lowest BCUT2D eigenvalue weighted by Gasteiger charge is -2.35. The van der Waals surface area contributed by atoms with Gasteiger partial charge >= 0.3 is 6.09 Å². The maximum atomic E-state index is 14.6. The number of amides is 3. The summed E-state index contributed by atoms with van der Waals surface area (Å²) in [5.41, 5.74) is 3.58. The number of carbonyl (C=O) groups is 3. The van der Waals surface area contributed by atoms with Gasteiger partial charge in [0.05, 0.1) is 0 Å². The molecule has 3 rings (SSSR count). The molecule has 2 atom stereocenters. The molecule has 0 heterocycles. The number of aryl methyl sites for hydroxylation is 2. The zero-order valence-corrected chi connectivity index (χ0v) is 26.9. The van der Waals surface area contributed by atoms with E-state index in [-0.39, 0.29) is 24.0 Å². The SMILES string of the molecule is CCCCCN(C(=O)C(Cc1ccc(O)cc1)NC(=O)OC(C)(C)C)C(C(=O)NCc1ccccc1)c1cc(C)cc(C)c1. The Balaban J connectivity index is 2.05. The fourth-order valence-electron chi connectivity index (χ4n) is 5.14. The quantitative estimate of drug-likeness (QED) is 0.193. The van der Waals surface area contributed by atoms with Gasteiger partial charge in [0, 0.05) is 19.5 Å². The van der Waals surface area contributed by atoms with E-state index in [1.165, 1.54) is 0 Å². The van der Waals surface area contributed by atoms with Crippen LogP contribution in [0.2, 0.25) is 0 Å². The molecule has 44 heavy (non-hydrogen) atoms. The lowest BCUT2D eigenvalue weighted by atomic mass is 9.97. The van der Waals surface area contributed by atoms with Crippen molar-refractivity contribution in [2.45, 2.75) is 91.5 Å². The molecule has 0 aliphatic carbocycles. The molecule has 236 valence electrons. The first kappa shape index (κ1) is 34.2. The summed E-state index contributed by atoms with van der Waals surface area (Å²) in [5.74, 6) is -0.591. The van der Waals surface area contributed by atoms with Gasteiger partial charge in [-0.2, -0.15) is 0 Å². The van der Waals surface area contributed by atoms with E-state index in [9.17, 15) is 19.5 Å². The molecule has 3 aromatic rings. The smallest absolute Gasteiger partial charge is 0.408 e. The van der Waals surface area contributed by atoms with E-state index >= 15 is 0 Å². The Hall–Kier alpha value is -4.33. The highest BCUT2D eigenvalue weighted by atomic mass is 16.6. The number of nitrogens with zero attached hydrogens (tertiary/aromatic N) is 1. The van der Waals surface area contributed by atoms with E-state index in [0.717, 1.165) is 35.1 Å². The molecule has 3 amide bonds. The van der Waals surface area contributed by atoms with Crippen molar-refractivity contribution in [1.29, 1.82) is 0 Å². The van der Waals surface area contributed by atoms with Crippen molar-refractivity contribution < 1.29 is 24.2 Å². The maximum Gasteiger partial charge on any atom is 0.408 e. The first-order valence-electron chi connectivity index (χ1n) is 15.3. The van der Waals surface area contributed by atoms with Gasteiger partial charge in [-0.15, -0.1) is 0 Å². The summed E-state index contributed by atoms with van der Waals surface area (Å²) < 4.78 is 5.52.